The second-order valence-corrected chi connectivity index (χ2v) is 4.69. The second-order valence-electron chi connectivity index (χ2n) is 4.69. The van der Waals surface area contributed by atoms with E-state index < -0.39 is 0 Å². The largest absolute Gasteiger partial charge is 0.494 e. The highest BCUT2D eigenvalue weighted by Gasteiger charge is 2.15. The summed E-state index contributed by atoms with van der Waals surface area (Å²) in [6, 6.07) is 15.2. The molecule has 2 nitrogen and oxygen atoms in total. The van der Waals surface area contributed by atoms with Crippen molar-refractivity contribution in [3.8, 4) is 5.75 Å². The van der Waals surface area contributed by atoms with Crippen LogP contribution in [0.4, 0.5) is 4.39 Å². The van der Waals surface area contributed by atoms with Gasteiger partial charge in [0.1, 0.15) is 0 Å². The van der Waals surface area contributed by atoms with Crippen molar-refractivity contribution in [1.29, 1.82) is 0 Å². The standard InChI is InChI=1S/C17H20FNO/c1-3-11-19-17(13-7-5-4-6-8-13)14-9-10-15(18)16(12-14)20-2/h4-10,12,17,19H,3,11H2,1-2H3. The minimum absolute atomic E-state index is 0.0469. The summed E-state index contributed by atoms with van der Waals surface area (Å²) in [4.78, 5) is 0. The smallest absolute Gasteiger partial charge is 0.165 e. The van der Waals surface area contributed by atoms with E-state index in [1.807, 2.05) is 18.2 Å². The second kappa shape index (κ2) is 7.06. The number of hydrogen-bond donors (Lipinski definition) is 1. The van der Waals surface area contributed by atoms with Gasteiger partial charge in [0.15, 0.2) is 11.6 Å². The number of benzene rings is 2. The molecule has 2 aromatic rings. The zero-order chi connectivity index (χ0) is 14.4. The van der Waals surface area contributed by atoms with Gasteiger partial charge >= 0.3 is 0 Å². The fourth-order valence-corrected chi connectivity index (χ4v) is 2.22. The number of ether oxygens (including phenoxy) is 1. The molecule has 0 radical (unpaired) electrons. The van der Waals surface area contributed by atoms with E-state index in [1.54, 1.807) is 12.1 Å². The molecular weight excluding hydrogens is 253 g/mol. The van der Waals surface area contributed by atoms with Crippen molar-refractivity contribution < 1.29 is 9.13 Å². The quantitative estimate of drug-likeness (QED) is 0.861. The molecule has 0 bridgehead atoms. The Balaban J connectivity index is 2.36. The summed E-state index contributed by atoms with van der Waals surface area (Å²) in [6.45, 7) is 3.03. The van der Waals surface area contributed by atoms with E-state index in [-0.39, 0.29) is 17.6 Å². The molecule has 1 unspecified atom stereocenters. The van der Waals surface area contributed by atoms with Crippen molar-refractivity contribution >= 4 is 0 Å². The van der Waals surface area contributed by atoms with Crippen LogP contribution in [0.15, 0.2) is 48.5 Å². The van der Waals surface area contributed by atoms with Crippen molar-refractivity contribution in [2.75, 3.05) is 13.7 Å². The molecule has 0 aliphatic heterocycles. The van der Waals surface area contributed by atoms with Gasteiger partial charge < -0.3 is 10.1 Å². The molecule has 0 aromatic heterocycles. The van der Waals surface area contributed by atoms with Gasteiger partial charge in [0.2, 0.25) is 0 Å². The lowest BCUT2D eigenvalue weighted by molar-refractivity contribution is 0.385. The van der Waals surface area contributed by atoms with Crippen molar-refractivity contribution in [1.82, 2.24) is 5.32 Å². The molecule has 0 fully saturated rings. The predicted octanol–water partition coefficient (Wildman–Crippen LogP) is 3.92. The van der Waals surface area contributed by atoms with Gasteiger partial charge in [-0.1, -0.05) is 43.3 Å². The fraction of sp³-hybridized carbons (Fsp3) is 0.294. The molecule has 0 saturated carbocycles. The Morgan fingerprint density at radius 2 is 1.85 bits per heavy atom. The minimum atomic E-state index is -0.335. The van der Waals surface area contributed by atoms with E-state index in [9.17, 15) is 4.39 Å². The molecule has 0 amide bonds. The molecule has 0 heterocycles. The van der Waals surface area contributed by atoms with Crippen LogP contribution in [0, 0.1) is 5.82 Å². The van der Waals surface area contributed by atoms with E-state index in [2.05, 4.69) is 24.4 Å². The predicted molar refractivity (Wildman–Crippen MR) is 79.5 cm³/mol. The Morgan fingerprint density at radius 3 is 2.50 bits per heavy atom. The monoisotopic (exact) mass is 273 g/mol. The van der Waals surface area contributed by atoms with Crippen LogP contribution < -0.4 is 10.1 Å². The highest BCUT2D eigenvalue weighted by molar-refractivity contribution is 5.37. The van der Waals surface area contributed by atoms with E-state index in [4.69, 9.17) is 4.74 Å². The van der Waals surface area contributed by atoms with Gasteiger partial charge in [-0.15, -0.1) is 0 Å². The van der Waals surface area contributed by atoms with Crippen molar-refractivity contribution in [2.45, 2.75) is 19.4 Å². The summed E-state index contributed by atoms with van der Waals surface area (Å²) in [5, 5.41) is 3.49. The van der Waals surface area contributed by atoms with Crippen LogP contribution in [0.1, 0.15) is 30.5 Å². The van der Waals surface area contributed by atoms with Crippen LogP contribution in [-0.4, -0.2) is 13.7 Å². The first-order valence-corrected chi connectivity index (χ1v) is 6.88. The van der Waals surface area contributed by atoms with Crippen LogP contribution in [0.3, 0.4) is 0 Å². The van der Waals surface area contributed by atoms with Crippen molar-refractivity contribution in [3.63, 3.8) is 0 Å². The van der Waals surface area contributed by atoms with Gasteiger partial charge in [0, 0.05) is 0 Å². The summed E-state index contributed by atoms with van der Waals surface area (Å²) in [5.41, 5.74) is 2.16. The molecule has 106 valence electrons. The Labute approximate surface area is 119 Å². The van der Waals surface area contributed by atoms with E-state index in [0.29, 0.717) is 0 Å². The maximum atomic E-state index is 13.5. The molecule has 2 aromatic carbocycles. The molecule has 0 aliphatic rings. The van der Waals surface area contributed by atoms with E-state index in [1.165, 1.54) is 13.2 Å². The SMILES string of the molecule is CCCNC(c1ccccc1)c1ccc(F)c(OC)c1. The summed E-state index contributed by atoms with van der Waals surface area (Å²) in [7, 11) is 1.49. The maximum absolute atomic E-state index is 13.5. The van der Waals surface area contributed by atoms with Gasteiger partial charge in [0.05, 0.1) is 13.2 Å². The van der Waals surface area contributed by atoms with Crippen LogP contribution in [0.2, 0.25) is 0 Å². The lowest BCUT2D eigenvalue weighted by atomic mass is 9.98. The Bertz CT molecular complexity index is 542. The maximum Gasteiger partial charge on any atom is 0.165 e. The zero-order valence-electron chi connectivity index (χ0n) is 11.9. The van der Waals surface area contributed by atoms with E-state index >= 15 is 0 Å². The third-order valence-electron chi connectivity index (χ3n) is 3.24. The number of rotatable bonds is 6. The fourth-order valence-electron chi connectivity index (χ4n) is 2.22. The molecule has 0 aliphatic carbocycles. The summed E-state index contributed by atoms with van der Waals surface area (Å²) >= 11 is 0. The normalized spacial score (nSPS) is 12.2. The number of nitrogens with one attached hydrogen (secondary N) is 1. The minimum Gasteiger partial charge on any atom is -0.494 e. The van der Waals surface area contributed by atoms with Crippen molar-refractivity contribution in [2.24, 2.45) is 0 Å². The molecule has 0 spiro atoms. The third-order valence-corrected chi connectivity index (χ3v) is 3.24. The van der Waals surface area contributed by atoms with Crippen LogP contribution in [0.5, 0.6) is 5.75 Å². The summed E-state index contributed by atoms with van der Waals surface area (Å²) in [6.07, 6.45) is 1.04. The highest BCUT2D eigenvalue weighted by atomic mass is 19.1. The lowest BCUT2D eigenvalue weighted by Gasteiger charge is -2.20. The van der Waals surface area contributed by atoms with Gasteiger partial charge in [0.25, 0.3) is 0 Å². The molecule has 0 saturated heterocycles. The third kappa shape index (κ3) is 3.36. The van der Waals surface area contributed by atoms with Crippen LogP contribution >= 0.6 is 0 Å². The lowest BCUT2D eigenvalue weighted by Crippen LogP contribution is -2.23. The first-order chi connectivity index (χ1) is 9.76. The Kier molecular flexibility index (Phi) is 5.13. The summed E-state index contributed by atoms with van der Waals surface area (Å²) in [5.74, 6) is -0.0553. The van der Waals surface area contributed by atoms with E-state index in [0.717, 1.165) is 24.1 Å². The van der Waals surface area contributed by atoms with Gasteiger partial charge in [-0.25, -0.2) is 4.39 Å². The summed E-state index contributed by atoms with van der Waals surface area (Å²) < 4.78 is 18.6. The molecule has 1 atom stereocenters. The van der Waals surface area contributed by atoms with Crippen LogP contribution in [0.25, 0.3) is 0 Å². The molecule has 20 heavy (non-hydrogen) atoms. The topological polar surface area (TPSA) is 21.3 Å². The van der Waals surface area contributed by atoms with Gasteiger partial charge in [-0.05, 0) is 36.2 Å². The van der Waals surface area contributed by atoms with Gasteiger partial charge in [-0.2, -0.15) is 0 Å². The van der Waals surface area contributed by atoms with Gasteiger partial charge in [-0.3, -0.25) is 0 Å². The Morgan fingerprint density at radius 1 is 1.10 bits per heavy atom. The number of methoxy groups -OCH3 is 1. The average molecular weight is 273 g/mol. The number of hydrogen-bond acceptors (Lipinski definition) is 2. The Hall–Kier alpha value is -1.87. The first-order valence-electron chi connectivity index (χ1n) is 6.88. The number of halogens is 1. The molecular formula is C17H20FNO. The van der Waals surface area contributed by atoms with Crippen molar-refractivity contribution in [3.05, 3.63) is 65.5 Å². The first kappa shape index (κ1) is 14.5. The van der Waals surface area contributed by atoms with Crippen LogP contribution in [-0.2, 0) is 0 Å². The molecule has 2 rings (SSSR count). The highest BCUT2D eigenvalue weighted by Crippen LogP contribution is 2.27. The zero-order valence-corrected chi connectivity index (χ0v) is 11.9. The average Bonchev–Trinajstić information content (AvgIpc) is 2.50. The molecule has 1 N–H and O–H groups in total. The molecule has 3 heteroatoms.